The molecule has 0 saturated carbocycles. The molecule has 0 aliphatic carbocycles. The average Bonchev–Trinajstić information content (AvgIpc) is 2.29. The molecule has 0 radical (unpaired) electrons. The number of halogens is 3. The van der Waals surface area contributed by atoms with Gasteiger partial charge in [-0.2, -0.15) is 13.2 Å². The van der Waals surface area contributed by atoms with Gasteiger partial charge in [0.25, 0.3) is 0 Å². The minimum absolute atomic E-state index is 0.0284. The van der Waals surface area contributed by atoms with Crippen molar-refractivity contribution in [1.29, 1.82) is 0 Å². The quantitative estimate of drug-likeness (QED) is 0.819. The van der Waals surface area contributed by atoms with Crippen molar-refractivity contribution in [2.75, 3.05) is 5.73 Å². The van der Waals surface area contributed by atoms with Crippen molar-refractivity contribution in [3.63, 3.8) is 0 Å². The summed E-state index contributed by atoms with van der Waals surface area (Å²) in [4.78, 5) is 14.4. The number of hydrogen-bond acceptors (Lipinski definition) is 5. The molecule has 2 N–H and O–H groups in total. The summed E-state index contributed by atoms with van der Waals surface area (Å²) in [5.74, 6) is -0.0689. The first-order valence-electron chi connectivity index (χ1n) is 4.45. The van der Waals surface area contributed by atoms with Crippen LogP contribution in [0, 0.1) is 0 Å². The predicted octanol–water partition coefficient (Wildman–Crippen LogP) is 1.53. The number of nitrogens with zero attached hydrogens (tertiary/aromatic N) is 4. The van der Waals surface area contributed by atoms with Gasteiger partial charge in [-0.1, -0.05) is 0 Å². The van der Waals surface area contributed by atoms with Crippen LogP contribution in [0.25, 0.3) is 11.4 Å². The molecule has 0 fully saturated rings. The lowest BCUT2D eigenvalue weighted by molar-refractivity contribution is -0.141. The van der Waals surface area contributed by atoms with E-state index in [0.717, 1.165) is 12.3 Å². The summed E-state index contributed by atoms with van der Waals surface area (Å²) in [6.45, 7) is 0. The van der Waals surface area contributed by atoms with Crippen LogP contribution in [0.15, 0.2) is 24.7 Å². The zero-order valence-corrected chi connectivity index (χ0v) is 8.31. The van der Waals surface area contributed by atoms with Crippen molar-refractivity contribution in [2.45, 2.75) is 6.18 Å². The highest BCUT2D eigenvalue weighted by atomic mass is 19.4. The Hall–Kier alpha value is -2.25. The van der Waals surface area contributed by atoms with Crippen LogP contribution >= 0.6 is 0 Å². The molecule has 0 aliphatic rings. The molecule has 17 heavy (non-hydrogen) atoms. The largest absolute Gasteiger partial charge is 0.433 e. The van der Waals surface area contributed by atoms with Gasteiger partial charge >= 0.3 is 6.18 Å². The molecule has 0 unspecified atom stereocenters. The van der Waals surface area contributed by atoms with Crippen LogP contribution in [-0.2, 0) is 6.18 Å². The summed E-state index contributed by atoms with van der Waals surface area (Å²) >= 11 is 0. The van der Waals surface area contributed by atoms with E-state index in [1.54, 1.807) is 0 Å². The molecule has 5 nitrogen and oxygen atoms in total. The van der Waals surface area contributed by atoms with Gasteiger partial charge in [-0.15, -0.1) is 0 Å². The molecule has 0 saturated heterocycles. The van der Waals surface area contributed by atoms with Crippen LogP contribution in [0.4, 0.5) is 19.1 Å². The standard InChI is InChI=1S/C9H6F3N5/c10-9(11,12)6-1-2-14-7(17-6)5-3-15-8(13)16-4-5/h1-4H,(H2,13,15,16). The van der Waals surface area contributed by atoms with E-state index in [2.05, 4.69) is 19.9 Å². The summed E-state index contributed by atoms with van der Waals surface area (Å²) in [6.07, 6.45) is -0.955. The Morgan fingerprint density at radius 1 is 1.06 bits per heavy atom. The smallest absolute Gasteiger partial charge is 0.368 e. The fourth-order valence-electron chi connectivity index (χ4n) is 1.11. The van der Waals surface area contributed by atoms with E-state index < -0.39 is 11.9 Å². The maximum Gasteiger partial charge on any atom is 0.433 e. The van der Waals surface area contributed by atoms with E-state index in [-0.39, 0.29) is 17.3 Å². The van der Waals surface area contributed by atoms with Gasteiger partial charge in [-0.05, 0) is 6.07 Å². The van der Waals surface area contributed by atoms with E-state index >= 15 is 0 Å². The molecule has 88 valence electrons. The van der Waals surface area contributed by atoms with Gasteiger partial charge in [-0.25, -0.2) is 19.9 Å². The normalized spacial score (nSPS) is 11.5. The van der Waals surface area contributed by atoms with Gasteiger partial charge in [-0.3, -0.25) is 0 Å². The van der Waals surface area contributed by atoms with Crippen LogP contribution < -0.4 is 5.73 Å². The number of nitrogen functional groups attached to an aromatic ring is 1. The highest BCUT2D eigenvalue weighted by molar-refractivity contribution is 5.52. The Morgan fingerprint density at radius 3 is 2.29 bits per heavy atom. The van der Waals surface area contributed by atoms with Crippen molar-refractivity contribution < 1.29 is 13.2 Å². The third-order valence-corrected chi connectivity index (χ3v) is 1.88. The Morgan fingerprint density at radius 2 is 1.71 bits per heavy atom. The molecular formula is C9H6F3N5. The van der Waals surface area contributed by atoms with Gasteiger partial charge in [0.1, 0.15) is 5.69 Å². The molecule has 0 aromatic carbocycles. The Balaban J connectivity index is 2.43. The first kappa shape index (κ1) is 11.2. The maximum atomic E-state index is 12.4. The van der Waals surface area contributed by atoms with E-state index in [0.29, 0.717) is 0 Å². The lowest BCUT2D eigenvalue weighted by atomic mass is 10.3. The maximum absolute atomic E-state index is 12.4. The van der Waals surface area contributed by atoms with Gasteiger partial charge in [0.2, 0.25) is 5.95 Å². The molecular weight excluding hydrogens is 235 g/mol. The van der Waals surface area contributed by atoms with Gasteiger partial charge in [0.15, 0.2) is 5.82 Å². The van der Waals surface area contributed by atoms with E-state index in [4.69, 9.17) is 5.73 Å². The number of aromatic nitrogens is 4. The summed E-state index contributed by atoms with van der Waals surface area (Å²) < 4.78 is 37.2. The number of nitrogens with two attached hydrogens (primary N) is 1. The molecule has 0 bridgehead atoms. The van der Waals surface area contributed by atoms with Crippen molar-refractivity contribution in [1.82, 2.24) is 19.9 Å². The van der Waals surface area contributed by atoms with Crippen LogP contribution in [0.5, 0.6) is 0 Å². The number of hydrogen-bond donors (Lipinski definition) is 1. The van der Waals surface area contributed by atoms with Crippen LogP contribution in [0.1, 0.15) is 5.69 Å². The second-order valence-electron chi connectivity index (χ2n) is 3.09. The lowest BCUT2D eigenvalue weighted by Crippen LogP contribution is -2.09. The zero-order chi connectivity index (χ0) is 12.5. The summed E-state index contributed by atoms with van der Waals surface area (Å²) in [5, 5.41) is 0. The highest BCUT2D eigenvalue weighted by Gasteiger charge is 2.32. The minimum Gasteiger partial charge on any atom is -0.368 e. The fraction of sp³-hybridized carbons (Fsp3) is 0.111. The molecule has 2 aromatic heterocycles. The van der Waals surface area contributed by atoms with Gasteiger partial charge in [0, 0.05) is 18.6 Å². The molecule has 0 spiro atoms. The van der Waals surface area contributed by atoms with Crippen LogP contribution in [-0.4, -0.2) is 19.9 Å². The van der Waals surface area contributed by atoms with Crippen LogP contribution in [0.3, 0.4) is 0 Å². The minimum atomic E-state index is -4.51. The van der Waals surface area contributed by atoms with Gasteiger partial charge < -0.3 is 5.73 Å². The molecule has 0 aliphatic heterocycles. The summed E-state index contributed by atoms with van der Waals surface area (Å²) in [5.41, 5.74) is 4.52. The molecule has 2 aromatic rings. The summed E-state index contributed by atoms with van der Waals surface area (Å²) in [6, 6.07) is 0.793. The topological polar surface area (TPSA) is 77.6 Å². The molecule has 2 rings (SSSR count). The number of anilines is 1. The van der Waals surface area contributed by atoms with Crippen molar-refractivity contribution >= 4 is 5.95 Å². The Kier molecular flexibility index (Phi) is 2.62. The predicted molar refractivity (Wildman–Crippen MR) is 52.5 cm³/mol. The first-order valence-corrected chi connectivity index (χ1v) is 4.45. The van der Waals surface area contributed by atoms with Crippen molar-refractivity contribution in [2.24, 2.45) is 0 Å². The third-order valence-electron chi connectivity index (χ3n) is 1.88. The molecule has 2 heterocycles. The SMILES string of the molecule is Nc1ncc(-c2nccc(C(F)(F)F)n2)cn1. The summed E-state index contributed by atoms with van der Waals surface area (Å²) in [7, 11) is 0. The van der Waals surface area contributed by atoms with E-state index in [1.165, 1.54) is 12.4 Å². The second kappa shape index (κ2) is 3.96. The van der Waals surface area contributed by atoms with Crippen LogP contribution in [0.2, 0.25) is 0 Å². The Bertz CT molecular complexity index is 523. The first-order chi connectivity index (χ1) is 7.97. The fourth-order valence-corrected chi connectivity index (χ4v) is 1.11. The average molecular weight is 241 g/mol. The monoisotopic (exact) mass is 241 g/mol. The van der Waals surface area contributed by atoms with Crippen molar-refractivity contribution in [3.05, 3.63) is 30.4 Å². The molecule has 0 amide bonds. The number of rotatable bonds is 1. The zero-order valence-electron chi connectivity index (χ0n) is 8.31. The van der Waals surface area contributed by atoms with Crippen molar-refractivity contribution in [3.8, 4) is 11.4 Å². The van der Waals surface area contributed by atoms with E-state index in [9.17, 15) is 13.2 Å². The molecule has 8 heteroatoms. The van der Waals surface area contributed by atoms with E-state index in [1.807, 2.05) is 0 Å². The highest BCUT2D eigenvalue weighted by Crippen LogP contribution is 2.28. The lowest BCUT2D eigenvalue weighted by Gasteiger charge is -2.06. The second-order valence-corrected chi connectivity index (χ2v) is 3.09. The Labute approximate surface area is 93.6 Å². The number of alkyl halides is 3. The van der Waals surface area contributed by atoms with Gasteiger partial charge in [0.05, 0.1) is 5.56 Å². The molecule has 0 atom stereocenters. The third kappa shape index (κ3) is 2.47.